The van der Waals surface area contributed by atoms with Gasteiger partial charge in [0.05, 0.1) is 0 Å². The molecule has 5 aromatic rings. The minimum atomic E-state index is -2.32. The number of pyridine rings is 1. The van der Waals surface area contributed by atoms with Crippen LogP contribution in [-0.2, 0) is 13.2 Å². The van der Waals surface area contributed by atoms with Gasteiger partial charge in [0, 0.05) is 0 Å². The van der Waals surface area contributed by atoms with E-state index in [4.69, 9.17) is 4.98 Å². The fourth-order valence-electron chi connectivity index (χ4n) is 4.52. The van der Waals surface area contributed by atoms with E-state index in [0.717, 1.165) is 17.5 Å². The van der Waals surface area contributed by atoms with E-state index in [0.29, 0.717) is 0 Å². The third-order valence-corrected chi connectivity index (χ3v) is 10.9. The molecule has 0 aliphatic heterocycles. The Morgan fingerprint density at radius 3 is 1.63 bits per heavy atom. The standard InChI is InChI=1S/C27H25N2P/c1-29-20-19-22-17-18-23(28-27(22)29)21-30(24-11-5-2-6-12-24,25-13-7-3-8-14-25)26-15-9-4-10-16-26/h2-20,30H,21H2,1H3. The first-order valence-corrected chi connectivity index (χ1v) is 12.6. The Balaban J connectivity index is 1.77. The summed E-state index contributed by atoms with van der Waals surface area (Å²) in [5, 5.41) is 5.43. The van der Waals surface area contributed by atoms with Crippen LogP contribution in [0.3, 0.4) is 0 Å². The van der Waals surface area contributed by atoms with Crippen molar-refractivity contribution in [3.05, 3.63) is 121 Å². The molecule has 0 atom stereocenters. The summed E-state index contributed by atoms with van der Waals surface area (Å²) in [5.41, 5.74) is 2.19. The second-order valence-corrected chi connectivity index (χ2v) is 11.7. The van der Waals surface area contributed by atoms with E-state index in [9.17, 15) is 0 Å². The van der Waals surface area contributed by atoms with E-state index < -0.39 is 7.26 Å². The summed E-state index contributed by atoms with van der Waals surface area (Å²) in [6.45, 7) is 0. The number of rotatable bonds is 5. The van der Waals surface area contributed by atoms with E-state index in [1.165, 1.54) is 21.3 Å². The van der Waals surface area contributed by atoms with Crippen molar-refractivity contribution in [1.82, 2.24) is 9.55 Å². The van der Waals surface area contributed by atoms with Gasteiger partial charge in [0.15, 0.2) is 0 Å². The molecule has 5 rings (SSSR count). The molecule has 0 fully saturated rings. The van der Waals surface area contributed by atoms with Gasteiger partial charge in [-0.05, 0) is 0 Å². The van der Waals surface area contributed by atoms with Crippen molar-refractivity contribution < 1.29 is 0 Å². The van der Waals surface area contributed by atoms with Gasteiger partial charge in [-0.3, -0.25) is 0 Å². The van der Waals surface area contributed by atoms with E-state index in [2.05, 4.69) is 127 Å². The van der Waals surface area contributed by atoms with Gasteiger partial charge in [0.25, 0.3) is 0 Å². The Morgan fingerprint density at radius 1 is 0.633 bits per heavy atom. The topological polar surface area (TPSA) is 17.8 Å². The van der Waals surface area contributed by atoms with Gasteiger partial charge < -0.3 is 0 Å². The van der Waals surface area contributed by atoms with Crippen LogP contribution in [0.15, 0.2) is 115 Å². The molecule has 2 heterocycles. The Bertz CT molecular complexity index is 1170. The summed E-state index contributed by atoms with van der Waals surface area (Å²) in [7, 11) is -0.256. The second-order valence-electron chi connectivity index (χ2n) is 7.82. The normalized spacial score (nSPS) is 12.2. The number of hydrogen-bond donors (Lipinski definition) is 0. The third kappa shape index (κ3) is 3.24. The Labute approximate surface area is 178 Å². The molecular formula is C27H25N2P. The van der Waals surface area contributed by atoms with Crippen molar-refractivity contribution >= 4 is 34.2 Å². The number of hydrogen-bond acceptors (Lipinski definition) is 1. The van der Waals surface area contributed by atoms with E-state index >= 15 is 0 Å². The number of fused-ring (bicyclic) bond motifs is 1. The van der Waals surface area contributed by atoms with Crippen molar-refractivity contribution in [3.8, 4) is 0 Å². The molecule has 0 N–H and O–H groups in total. The fourth-order valence-corrected chi connectivity index (χ4v) is 9.16. The molecule has 30 heavy (non-hydrogen) atoms. The van der Waals surface area contributed by atoms with Crippen molar-refractivity contribution in [2.45, 2.75) is 6.16 Å². The monoisotopic (exact) mass is 408 g/mol. The molecule has 0 aliphatic carbocycles. The van der Waals surface area contributed by atoms with E-state index in [-0.39, 0.29) is 0 Å². The molecule has 0 amide bonds. The predicted molar refractivity (Wildman–Crippen MR) is 131 cm³/mol. The second kappa shape index (κ2) is 7.89. The van der Waals surface area contributed by atoms with Crippen molar-refractivity contribution in [1.29, 1.82) is 0 Å². The summed E-state index contributed by atoms with van der Waals surface area (Å²) < 4.78 is 2.11. The van der Waals surface area contributed by atoms with Crippen LogP contribution in [0.2, 0.25) is 0 Å². The zero-order chi connectivity index (χ0) is 20.4. The summed E-state index contributed by atoms with van der Waals surface area (Å²) in [4.78, 5) is 5.09. The van der Waals surface area contributed by atoms with E-state index in [1.54, 1.807) is 0 Å². The molecule has 3 heteroatoms. The Kier molecular flexibility index (Phi) is 4.94. The summed E-state index contributed by atoms with van der Waals surface area (Å²) in [6.07, 6.45) is 3.00. The zero-order valence-electron chi connectivity index (χ0n) is 17.1. The van der Waals surface area contributed by atoms with Crippen LogP contribution in [0.25, 0.3) is 11.0 Å². The van der Waals surface area contributed by atoms with Gasteiger partial charge in [0.2, 0.25) is 0 Å². The predicted octanol–water partition coefficient (Wildman–Crippen LogP) is 4.80. The molecule has 0 radical (unpaired) electrons. The maximum atomic E-state index is 5.09. The zero-order valence-corrected chi connectivity index (χ0v) is 18.1. The molecule has 0 spiro atoms. The number of benzene rings is 3. The van der Waals surface area contributed by atoms with Crippen LogP contribution in [0, 0.1) is 0 Å². The molecule has 0 aliphatic rings. The molecule has 0 unspecified atom stereocenters. The first kappa shape index (κ1) is 18.8. The average Bonchev–Trinajstić information content (AvgIpc) is 3.19. The van der Waals surface area contributed by atoms with Crippen molar-refractivity contribution in [2.75, 3.05) is 0 Å². The maximum absolute atomic E-state index is 5.09. The average molecular weight is 408 g/mol. The van der Waals surface area contributed by atoms with Crippen LogP contribution >= 0.6 is 7.26 Å². The summed E-state index contributed by atoms with van der Waals surface area (Å²) in [6, 6.07) is 39.6. The molecule has 3 aromatic carbocycles. The van der Waals surface area contributed by atoms with E-state index in [1.807, 2.05) is 0 Å². The minimum absolute atomic E-state index is 0.923. The van der Waals surface area contributed by atoms with Gasteiger partial charge in [-0.15, -0.1) is 0 Å². The van der Waals surface area contributed by atoms with Crippen molar-refractivity contribution in [3.63, 3.8) is 0 Å². The van der Waals surface area contributed by atoms with Gasteiger partial charge in [0.1, 0.15) is 0 Å². The molecule has 2 nitrogen and oxygen atoms in total. The fraction of sp³-hybridized carbons (Fsp3) is 0.0741. The van der Waals surface area contributed by atoms with Gasteiger partial charge in [-0.1, -0.05) is 0 Å². The van der Waals surface area contributed by atoms with Crippen molar-refractivity contribution in [2.24, 2.45) is 7.05 Å². The molecular weight excluding hydrogens is 383 g/mol. The molecule has 0 saturated carbocycles. The quantitative estimate of drug-likeness (QED) is 0.382. The Hall–Kier alpha value is -3.22. The SMILES string of the molecule is Cn1ccc2ccc(C[PH](c3ccccc3)(c3ccccc3)c3ccccc3)nc21. The molecule has 148 valence electrons. The number of nitrogens with zero attached hydrogens (tertiary/aromatic N) is 2. The Morgan fingerprint density at radius 2 is 1.13 bits per heavy atom. The summed E-state index contributed by atoms with van der Waals surface area (Å²) >= 11 is 0. The van der Waals surface area contributed by atoms with Crippen LogP contribution < -0.4 is 15.9 Å². The first-order valence-electron chi connectivity index (χ1n) is 10.3. The number of aryl methyl sites for hydroxylation is 1. The van der Waals surface area contributed by atoms with Gasteiger partial charge in [-0.25, -0.2) is 0 Å². The molecule has 2 aromatic heterocycles. The van der Waals surface area contributed by atoms with Crippen LogP contribution in [-0.4, -0.2) is 9.55 Å². The van der Waals surface area contributed by atoms with Crippen LogP contribution in [0.4, 0.5) is 0 Å². The number of aromatic nitrogens is 2. The van der Waals surface area contributed by atoms with Gasteiger partial charge >= 0.3 is 178 Å². The molecule has 0 bridgehead atoms. The summed E-state index contributed by atoms with van der Waals surface area (Å²) in [5.74, 6) is 0. The first-order chi connectivity index (χ1) is 14.8. The van der Waals surface area contributed by atoms with Gasteiger partial charge in [-0.2, -0.15) is 0 Å². The van der Waals surface area contributed by atoms with Crippen LogP contribution in [0.5, 0.6) is 0 Å². The van der Waals surface area contributed by atoms with Crippen LogP contribution in [0.1, 0.15) is 5.69 Å². The third-order valence-electron chi connectivity index (χ3n) is 6.02. The molecule has 0 saturated heterocycles.